The Labute approximate surface area is 238 Å². The highest BCUT2D eigenvalue weighted by atomic mass is 31.0. The van der Waals surface area contributed by atoms with Crippen molar-refractivity contribution >= 4 is 9.24 Å². The summed E-state index contributed by atoms with van der Waals surface area (Å²) in [5, 5.41) is 0. The van der Waals surface area contributed by atoms with Crippen molar-refractivity contribution in [3.05, 3.63) is 143 Å². The zero-order valence-electron chi connectivity index (χ0n) is 24.5. The summed E-state index contributed by atoms with van der Waals surface area (Å²) >= 11 is 0. The number of hydrogen-bond acceptors (Lipinski definition) is 0. The Balaban J connectivity index is 0.000000553. The molecule has 0 amide bonds. The zero-order valence-corrected chi connectivity index (χ0v) is 25.6. The first-order valence-corrected chi connectivity index (χ1v) is 15.4. The first-order valence-electron chi connectivity index (χ1n) is 14.3. The highest BCUT2D eigenvalue weighted by molar-refractivity contribution is 7.15. The fraction of sp³-hybridized carbons (Fsp3) is 0.211. The van der Waals surface area contributed by atoms with Gasteiger partial charge in [-0.3, -0.25) is 0 Å². The number of fused-ring (bicyclic) bond motifs is 10. The maximum Gasteiger partial charge on any atom is 0.0725 e. The van der Waals surface area contributed by atoms with Gasteiger partial charge in [0.15, 0.2) is 0 Å². The van der Waals surface area contributed by atoms with Crippen molar-refractivity contribution in [2.24, 2.45) is 0 Å². The Bertz CT molecular complexity index is 1590. The molecule has 39 heavy (non-hydrogen) atoms. The lowest BCUT2D eigenvalue weighted by Crippen LogP contribution is -2.25. The molecule has 198 valence electrons. The lowest BCUT2D eigenvalue weighted by atomic mass is 9.70. The summed E-state index contributed by atoms with van der Waals surface area (Å²) in [6.07, 6.45) is 0. The van der Waals surface area contributed by atoms with Gasteiger partial charge in [0.25, 0.3) is 0 Å². The van der Waals surface area contributed by atoms with Gasteiger partial charge >= 0.3 is 0 Å². The molecule has 1 heteroatoms. The summed E-state index contributed by atoms with van der Waals surface area (Å²) < 4.78 is 0. The summed E-state index contributed by atoms with van der Waals surface area (Å²) in [5.41, 5.74) is 16.0. The van der Waals surface area contributed by atoms with Crippen LogP contribution in [-0.2, 0) is 5.41 Å². The van der Waals surface area contributed by atoms with Gasteiger partial charge in [-0.1, -0.05) is 143 Å². The molecule has 5 aromatic rings. The van der Waals surface area contributed by atoms with Gasteiger partial charge in [0.05, 0.1) is 5.41 Å². The summed E-state index contributed by atoms with van der Waals surface area (Å²) in [6, 6.07) is 40.8. The highest BCUT2D eigenvalue weighted by Crippen LogP contribution is 2.63. The van der Waals surface area contributed by atoms with Crippen LogP contribution < -0.4 is 0 Å². The third kappa shape index (κ3) is 4.36. The van der Waals surface area contributed by atoms with Gasteiger partial charge < -0.3 is 0 Å². The highest BCUT2D eigenvalue weighted by Gasteiger charge is 2.51. The number of hydrogen-bond donors (Lipinski definition) is 0. The Morgan fingerprint density at radius 1 is 0.436 bits per heavy atom. The van der Waals surface area contributed by atoms with Crippen LogP contribution in [0.15, 0.2) is 109 Å². The van der Waals surface area contributed by atoms with E-state index < -0.39 is 0 Å². The lowest BCUT2D eigenvalue weighted by Gasteiger charge is -2.30. The van der Waals surface area contributed by atoms with Crippen molar-refractivity contribution in [2.45, 2.75) is 47.0 Å². The molecule has 0 heterocycles. The van der Waals surface area contributed by atoms with E-state index in [1.54, 1.807) is 0 Å². The van der Waals surface area contributed by atoms with Crippen molar-refractivity contribution in [3.63, 3.8) is 0 Å². The Morgan fingerprint density at radius 3 is 1.54 bits per heavy atom. The molecule has 5 aromatic carbocycles. The third-order valence-electron chi connectivity index (χ3n) is 7.70. The molecule has 2 aliphatic carbocycles. The van der Waals surface area contributed by atoms with E-state index in [1.807, 2.05) is 34.4 Å². The molecule has 0 saturated carbocycles. The van der Waals surface area contributed by atoms with E-state index in [0.29, 0.717) is 0 Å². The van der Waals surface area contributed by atoms with Crippen LogP contribution >= 0.6 is 9.24 Å². The fourth-order valence-corrected chi connectivity index (χ4v) is 6.32. The molecule has 2 aliphatic rings. The van der Waals surface area contributed by atoms with Crippen LogP contribution in [0.4, 0.5) is 0 Å². The molecule has 2 atom stereocenters. The molecule has 0 saturated heterocycles. The average molecular weight is 529 g/mol. The van der Waals surface area contributed by atoms with E-state index in [9.17, 15) is 0 Å². The van der Waals surface area contributed by atoms with E-state index >= 15 is 0 Å². The molecule has 7 rings (SSSR count). The Kier molecular flexibility index (Phi) is 8.89. The van der Waals surface area contributed by atoms with Crippen LogP contribution in [0.5, 0.6) is 0 Å². The minimum absolute atomic E-state index is 0.256. The molecular formula is C38H41P. The standard InChI is InChI=1S/C33H24.2C2H6.CH5P/c1-21-15-17-27-25-11-5-7-13-29(25)33(32(27)19-21)30-14-8-6-12-26(30)28-20-23(16-18-31(28)33)24-10-4-3-9-22(24)2;3*1-2/h3-20H,1-2H3;2*1-2H3;2H2,1H3. The predicted molar refractivity (Wildman–Crippen MR) is 176 cm³/mol. The molecule has 2 unspecified atom stereocenters. The maximum absolute atomic E-state index is 2.42. The minimum atomic E-state index is -0.256. The van der Waals surface area contributed by atoms with Gasteiger partial charge in [-0.2, -0.15) is 0 Å². The quantitative estimate of drug-likeness (QED) is 0.186. The summed E-state index contributed by atoms with van der Waals surface area (Å²) in [4.78, 5) is 0. The van der Waals surface area contributed by atoms with Crippen LogP contribution in [0, 0.1) is 13.8 Å². The molecule has 0 radical (unpaired) electrons. The van der Waals surface area contributed by atoms with E-state index in [4.69, 9.17) is 0 Å². The smallest absolute Gasteiger partial charge is 0.0725 e. The molecular weight excluding hydrogens is 487 g/mol. The SMILES string of the molecule is CC.CC.CP.Cc1ccc2c(c1)C1(c3ccccc3-c3cc(-c4ccccc4C)ccc31)c1ccccc1-2. The van der Waals surface area contributed by atoms with Gasteiger partial charge in [-0.15, -0.1) is 9.24 Å². The second-order valence-corrected chi connectivity index (χ2v) is 9.47. The number of aryl methyl sites for hydroxylation is 2. The first-order chi connectivity index (χ1) is 19.2. The molecule has 0 aliphatic heterocycles. The molecule has 1 spiro atoms. The zero-order chi connectivity index (χ0) is 28.2. The van der Waals surface area contributed by atoms with Crippen molar-refractivity contribution < 1.29 is 0 Å². The second-order valence-electron chi connectivity index (χ2n) is 9.47. The average Bonchev–Trinajstić information content (AvgIpc) is 3.47. The monoisotopic (exact) mass is 528 g/mol. The van der Waals surface area contributed by atoms with E-state index in [-0.39, 0.29) is 5.41 Å². The summed E-state index contributed by atoms with van der Waals surface area (Å²) in [6.45, 7) is 14.3. The number of rotatable bonds is 1. The van der Waals surface area contributed by atoms with Crippen molar-refractivity contribution in [2.75, 3.05) is 6.66 Å². The molecule has 0 aromatic heterocycles. The molecule has 0 bridgehead atoms. The van der Waals surface area contributed by atoms with Crippen molar-refractivity contribution in [3.8, 4) is 33.4 Å². The van der Waals surface area contributed by atoms with Gasteiger partial charge in [0, 0.05) is 0 Å². The lowest BCUT2D eigenvalue weighted by molar-refractivity contribution is 0.793. The van der Waals surface area contributed by atoms with Crippen LogP contribution in [0.25, 0.3) is 33.4 Å². The molecule has 0 N–H and O–H groups in total. The van der Waals surface area contributed by atoms with Gasteiger partial charge in [-0.25, -0.2) is 0 Å². The first kappa shape index (κ1) is 28.5. The van der Waals surface area contributed by atoms with E-state index in [0.717, 1.165) is 0 Å². The van der Waals surface area contributed by atoms with Gasteiger partial charge in [-0.05, 0) is 81.1 Å². The minimum Gasteiger partial charge on any atom is -0.141 e. The fourth-order valence-electron chi connectivity index (χ4n) is 6.32. The summed E-state index contributed by atoms with van der Waals surface area (Å²) in [5.74, 6) is 0. The van der Waals surface area contributed by atoms with E-state index in [2.05, 4.69) is 132 Å². The molecule has 0 fully saturated rings. The van der Waals surface area contributed by atoms with Crippen LogP contribution in [0.1, 0.15) is 61.1 Å². The number of benzene rings is 5. The maximum atomic E-state index is 2.42. The largest absolute Gasteiger partial charge is 0.141 e. The third-order valence-corrected chi connectivity index (χ3v) is 7.70. The van der Waals surface area contributed by atoms with Gasteiger partial charge in [0.2, 0.25) is 0 Å². The van der Waals surface area contributed by atoms with Crippen LogP contribution in [-0.4, -0.2) is 6.66 Å². The normalized spacial score (nSPS) is 14.8. The summed E-state index contributed by atoms with van der Waals surface area (Å²) in [7, 11) is 2.42. The predicted octanol–water partition coefficient (Wildman–Crippen LogP) is 10.9. The second kappa shape index (κ2) is 12.1. The van der Waals surface area contributed by atoms with E-state index in [1.165, 1.54) is 66.8 Å². The van der Waals surface area contributed by atoms with Crippen LogP contribution in [0.2, 0.25) is 0 Å². The Morgan fingerprint density at radius 2 is 0.923 bits per heavy atom. The van der Waals surface area contributed by atoms with Crippen molar-refractivity contribution in [1.29, 1.82) is 0 Å². The van der Waals surface area contributed by atoms with Gasteiger partial charge in [0.1, 0.15) is 0 Å². The van der Waals surface area contributed by atoms with Crippen LogP contribution in [0.3, 0.4) is 0 Å². The molecule has 0 nitrogen and oxygen atoms in total. The van der Waals surface area contributed by atoms with Crippen molar-refractivity contribution in [1.82, 2.24) is 0 Å². The Hall–Kier alpha value is -3.47. The topological polar surface area (TPSA) is 0 Å².